The summed E-state index contributed by atoms with van der Waals surface area (Å²) in [6.07, 6.45) is 1.65. The van der Waals surface area contributed by atoms with Crippen molar-refractivity contribution in [2.24, 2.45) is 5.73 Å². The first-order chi connectivity index (χ1) is 7.22. The molecule has 0 bridgehead atoms. The van der Waals surface area contributed by atoms with Crippen LogP contribution in [0, 0.1) is 0 Å². The van der Waals surface area contributed by atoms with Gasteiger partial charge in [-0.1, -0.05) is 24.3 Å². The quantitative estimate of drug-likeness (QED) is 0.802. The van der Waals surface area contributed by atoms with Crippen molar-refractivity contribution in [1.82, 2.24) is 0 Å². The van der Waals surface area contributed by atoms with E-state index in [1.54, 1.807) is 0 Å². The van der Waals surface area contributed by atoms with Gasteiger partial charge in [-0.3, -0.25) is 4.79 Å². The van der Waals surface area contributed by atoms with E-state index in [2.05, 4.69) is 12.1 Å². The molecule has 0 unspecified atom stereocenters. The number of nitrogens with two attached hydrogens (primary N) is 1. The second-order valence-electron chi connectivity index (χ2n) is 3.45. The van der Waals surface area contributed by atoms with Crippen LogP contribution in [0.15, 0.2) is 24.3 Å². The van der Waals surface area contributed by atoms with Crippen molar-refractivity contribution < 1.29 is 9.53 Å². The van der Waals surface area contributed by atoms with E-state index >= 15 is 0 Å². The molecule has 0 aliphatic carbocycles. The molecular weight excluding hydrogens is 226 g/mol. The van der Waals surface area contributed by atoms with E-state index in [1.165, 1.54) is 18.1 Å². The second-order valence-corrected chi connectivity index (χ2v) is 3.45. The molecule has 16 heavy (non-hydrogen) atoms. The van der Waals surface area contributed by atoms with Gasteiger partial charge in [-0.05, 0) is 24.1 Å². The molecule has 0 radical (unpaired) electrons. The van der Waals surface area contributed by atoms with Gasteiger partial charge in [0.15, 0.2) is 0 Å². The first kappa shape index (κ1) is 14.9. The Hall–Kier alpha value is -1.06. The van der Waals surface area contributed by atoms with Crippen molar-refractivity contribution in [1.29, 1.82) is 0 Å². The van der Waals surface area contributed by atoms with Crippen molar-refractivity contribution in [3.63, 3.8) is 0 Å². The summed E-state index contributed by atoms with van der Waals surface area (Å²) in [5.74, 6) is -0.229. The number of halogens is 1. The van der Waals surface area contributed by atoms with E-state index in [-0.39, 0.29) is 18.4 Å². The third-order valence-corrected chi connectivity index (χ3v) is 2.12. The summed E-state index contributed by atoms with van der Waals surface area (Å²) < 4.78 is 4.88. The van der Waals surface area contributed by atoms with Crippen LogP contribution >= 0.6 is 12.4 Å². The molecule has 90 valence electrons. The highest BCUT2D eigenvalue weighted by Crippen LogP contribution is 2.06. The largest absolute Gasteiger partial charge is 0.466 e. The lowest BCUT2D eigenvalue weighted by atomic mass is 10.1. The molecule has 0 amide bonds. The van der Waals surface area contributed by atoms with E-state index < -0.39 is 0 Å². The molecule has 0 saturated heterocycles. The molecule has 1 aromatic rings. The van der Waals surface area contributed by atoms with Gasteiger partial charge in [0.05, 0.1) is 6.61 Å². The van der Waals surface area contributed by atoms with Gasteiger partial charge in [-0.15, -0.1) is 12.4 Å². The standard InChI is InChI=1S/C12H17NO2.ClH/c1-10(14)15-8-6-12-4-2-3-11(9-12)5-7-13;/h2-4,9H,5-8,13H2,1H3;1H. The van der Waals surface area contributed by atoms with Crippen molar-refractivity contribution >= 4 is 18.4 Å². The number of hydrogen-bond acceptors (Lipinski definition) is 3. The SMILES string of the molecule is CC(=O)OCCc1cccc(CCN)c1.Cl. The molecule has 0 spiro atoms. The van der Waals surface area contributed by atoms with Gasteiger partial charge in [-0.2, -0.15) is 0 Å². The van der Waals surface area contributed by atoms with Crippen LogP contribution in [0.3, 0.4) is 0 Å². The molecule has 1 rings (SSSR count). The lowest BCUT2D eigenvalue weighted by Crippen LogP contribution is -2.05. The van der Waals surface area contributed by atoms with E-state index in [1.807, 2.05) is 12.1 Å². The van der Waals surface area contributed by atoms with Crippen LogP contribution in [0.1, 0.15) is 18.1 Å². The van der Waals surface area contributed by atoms with Crippen LogP contribution in [0.25, 0.3) is 0 Å². The van der Waals surface area contributed by atoms with Crippen LogP contribution in [0.5, 0.6) is 0 Å². The monoisotopic (exact) mass is 243 g/mol. The van der Waals surface area contributed by atoms with Gasteiger partial charge in [0, 0.05) is 13.3 Å². The minimum absolute atomic E-state index is 0. The fourth-order valence-corrected chi connectivity index (χ4v) is 1.42. The van der Waals surface area contributed by atoms with Crippen LogP contribution in [-0.4, -0.2) is 19.1 Å². The summed E-state index contributed by atoms with van der Waals surface area (Å²) in [5, 5.41) is 0. The Labute approximate surface area is 102 Å². The minimum atomic E-state index is -0.229. The fourth-order valence-electron chi connectivity index (χ4n) is 1.42. The molecule has 0 aliphatic rings. The number of ether oxygens (including phenoxy) is 1. The lowest BCUT2D eigenvalue weighted by Gasteiger charge is -2.04. The smallest absolute Gasteiger partial charge is 0.302 e. The van der Waals surface area contributed by atoms with Crippen molar-refractivity contribution in [2.75, 3.05) is 13.2 Å². The highest BCUT2D eigenvalue weighted by molar-refractivity contribution is 5.85. The molecule has 0 aromatic heterocycles. The van der Waals surface area contributed by atoms with Crippen LogP contribution in [0.4, 0.5) is 0 Å². The molecule has 0 fully saturated rings. The highest BCUT2D eigenvalue weighted by atomic mass is 35.5. The number of carbonyl (C=O) groups is 1. The maximum Gasteiger partial charge on any atom is 0.302 e. The summed E-state index contributed by atoms with van der Waals surface area (Å²) in [7, 11) is 0. The van der Waals surface area contributed by atoms with Crippen molar-refractivity contribution in [3.05, 3.63) is 35.4 Å². The maximum atomic E-state index is 10.6. The number of hydrogen-bond donors (Lipinski definition) is 1. The van der Waals surface area contributed by atoms with Crippen molar-refractivity contribution in [3.8, 4) is 0 Å². The molecular formula is C12H18ClNO2. The number of rotatable bonds is 5. The third-order valence-electron chi connectivity index (χ3n) is 2.12. The Balaban J connectivity index is 0.00000225. The minimum Gasteiger partial charge on any atom is -0.466 e. The average Bonchev–Trinajstić information content (AvgIpc) is 2.18. The summed E-state index contributed by atoms with van der Waals surface area (Å²) >= 11 is 0. The fraction of sp³-hybridized carbons (Fsp3) is 0.417. The maximum absolute atomic E-state index is 10.6. The van der Waals surface area contributed by atoms with Gasteiger partial charge in [0.25, 0.3) is 0 Å². The molecule has 0 heterocycles. The molecule has 3 nitrogen and oxygen atoms in total. The van der Waals surface area contributed by atoms with Crippen LogP contribution in [0.2, 0.25) is 0 Å². The van der Waals surface area contributed by atoms with Crippen LogP contribution in [-0.2, 0) is 22.4 Å². The molecule has 0 aliphatic heterocycles. The number of benzene rings is 1. The van der Waals surface area contributed by atoms with Gasteiger partial charge in [-0.25, -0.2) is 0 Å². The highest BCUT2D eigenvalue weighted by Gasteiger charge is 1.97. The second kappa shape index (κ2) is 8.13. The Morgan fingerprint density at radius 2 is 1.94 bits per heavy atom. The molecule has 2 N–H and O–H groups in total. The normalized spacial score (nSPS) is 9.38. The Morgan fingerprint density at radius 1 is 1.31 bits per heavy atom. The van der Waals surface area contributed by atoms with E-state index in [4.69, 9.17) is 10.5 Å². The number of carbonyl (C=O) groups excluding carboxylic acids is 1. The average molecular weight is 244 g/mol. The molecule has 0 atom stereocenters. The van der Waals surface area contributed by atoms with E-state index in [0.717, 1.165) is 12.8 Å². The summed E-state index contributed by atoms with van der Waals surface area (Å²) in [6, 6.07) is 8.20. The van der Waals surface area contributed by atoms with Crippen molar-refractivity contribution in [2.45, 2.75) is 19.8 Å². The summed E-state index contributed by atoms with van der Waals surface area (Å²) in [4.78, 5) is 10.6. The Bertz CT molecular complexity index is 329. The van der Waals surface area contributed by atoms with Gasteiger partial charge in [0.2, 0.25) is 0 Å². The van der Waals surface area contributed by atoms with Gasteiger partial charge >= 0.3 is 5.97 Å². The Kier molecular flexibility index (Phi) is 7.60. The first-order valence-electron chi connectivity index (χ1n) is 5.13. The Morgan fingerprint density at radius 3 is 2.50 bits per heavy atom. The van der Waals surface area contributed by atoms with E-state index in [9.17, 15) is 4.79 Å². The molecule has 1 aromatic carbocycles. The van der Waals surface area contributed by atoms with Gasteiger partial charge < -0.3 is 10.5 Å². The lowest BCUT2D eigenvalue weighted by molar-refractivity contribution is -0.140. The van der Waals surface area contributed by atoms with Gasteiger partial charge in [0.1, 0.15) is 0 Å². The topological polar surface area (TPSA) is 52.3 Å². The number of esters is 1. The summed E-state index contributed by atoms with van der Waals surface area (Å²) in [5.41, 5.74) is 7.90. The first-order valence-corrected chi connectivity index (χ1v) is 5.13. The zero-order valence-corrected chi connectivity index (χ0v) is 10.3. The zero-order chi connectivity index (χ0) is 11.1. The predicted octanol–water partition coefficient (Wildman–Crippen LogP) is 1.72. The zero-order valence-electron chi connectivity index (χ0n) is 9.44. The molecule has 0 saturated carbocycles. The van der Waals surface area contributed by atoms with Crippen LogP contribution < -0.4 is 5.73 Å². The molecule has 4 heteroatoms. The third kappa shape index (κ3) is 5.73. The predicted molar refractivity (Wildman–Crippen MR) is 66.8 cm³/mol. The summed E-state index contributed by atoms with van der Waals surface area (Å²) in [6.45, 7) is 2.53. The van der Waals surface area contributed by atoms with E-state index in [0.29, 0.717) is 13.2 Å².